The highest BCUT2D eigenvalue weighted by Crippen LogP contribution is 2.23. The Kier molecular flexibility index (Phi) is 60.3. The highest BCUT2D eigenvalue weighted by atomic mass is 16.7. The molecule has 0 aromatic heterocycles. The van der Waals surface area contributed by atoms with Crippen molar-refractivity contribution in [2.24, 2.45) is 0 Å². The molecule has 1 amide bonds. The molecular formula is C75H137NO8. The summed E-state index contributed by atoms with van der Waals surface area (Å²) in [5.74, 6) is -0.186. The third kappa shape index (κ3) is 51.7. The zero-order valence-electron chi connectivity index (χ0n) is 54.9. The quantitative estimate of drug-likeness (QED) is 0.0261. The molecule has 7 atom stereocenters. The molecule has 490 valence electrons. The number of hydrogen-bond acceptors (Lipinski definition) is 8. The Bertz CT molecular complexity index is 1560. The van der Waals surface area contributed by atoms with E-state index in [1.807, 2.05) is 6.08 Å². The third-order valence-electron chi connectivity index (χ3n) is 17.0. The van der Waals surface area contributed by atoms with Crippen molar-refractivity contribution < 1.29 is 39.8 Å². The summed E-state index contributed by atoms with van der Waals surface area (Å²) in [5.41, 5.74) is 0. The van der Waals surface area contributed by atoms with Crippen LogP contribution in [0, 0.1) is 0 Å². The zero-order valence-corrected chi connectivity index (χ0v) is 54.9. The van der Waals surface area contributed by atoms with Gasteiger partial charge in [-0.15, -0.1) is 0 Å². The van der Waals surface area contributed by atoms with Gasteiger partial charge in [0.25, 0.3) is 0 Å². The van der Waals surface area contributed by atoms with Crippen molar-refractivity contribution in [3.8, 4) is 0 Å². The molecule has 1 aliphatic heterocycles. The Morgan fingerprint density at radius 2 is 0.714 bits per heavy atom. The van der Waals surface area contributed by atoms with Crippen molar-refractivity contribution >= 4 is 5.91 Å². The molecule has 9 heteroatoms. The van der Waals surface area contributed by atoms with Crippen molar-refractivity contribution in [1.82, 2.24) is 5.32 Å². The lowest BCUT2D eigenvalue weighted by Crippen LogP contribution is -2.60. The van der Waals surface area contributed by atoms with Crippen molar-refractivity contribution in [1.29, 1.82) is 0 Å². The number of rotatable bonds is 63. The van der Waals surface area contributed by atoms with Crippen LogP contribution >= 0.6 is 0 Å². The summed E-state index contributed by atoms with van der Waals surface area (Å²) < 4.78 is 11.3. The van der Waals surface area contributed by atoms with Gasteiger partial charge in [-0.25, -0.2) is 0 Å². The fraction of sp³-hybridized carbons (Fsp3) is 0.827. The number of amides is 1. The van der Waals surface area contributed by atoms with Crippen molar-refractivity contribution in [3.05, 3.63) is 72.9 Å². The standard InChI is InChI=1S/C75H137NO8/c1-3-5-7-9-11-13-15-17-19-21-23-25-26-27-28-29-30-31-32-33-34-35-36-37-38-39-40-41-42-43-44-45-47-49-51-53-55-57-59-61-63-65-71(79)76-68(67-83-75-74(82)73(81)72(80)70(66-77)84-75)69(78)64-62-60-58-56-54-52-50-48-46-24-22-20-18-16-14-12-10-8-6-4-2/h15,17,21,23,26-27,46,48,54,56,62,64,68-70,72-75,77-78,80-82H,3-14,16,18-20,22,24-25,28-45,47,49-53,55,57-61,63,65-67H2,1-2H3,(H,76,79)/b17-15-,23-21-,27-26-,48-46+,56-54+,64-62+. The summed E-state index contributed by atoms with van der Waals surface area (Å²) in [6.07, 6.45) is 83.2. The molecule has 0 bridgehead atoms. The maximum Gasteiger partial charge on any atom is 0.220 e. The number of carbonyl (C=O) groups is 1. The van der Waals surface area contributed by atoms with Gasteiger partial charge in [-0.1, -0.05) is 324 Å². The molecule has 84 heavy (non-hydrogen) atoms. The first kappa shape index (κ1) is 79.6. The van der Waals surface area contributed by atoms with Crippen LogP contribution in [0.25, 0.3) is 0 Å². The van der Waals surface area contributed by atoms with Gasteiger partial charge in [0.15, 0.2) is 6.29 Å². The molecular weight excluding hydrogens is 1040 g/mol. The molecule has 0 saturated carbocycles. The summed E-state index contributed by atoms with van der Waals surface area (Å²) in [4.78, 5) is 13.1. The highest BCUT2D eigenvalue weighted by Gasteiger charge is 2.44. The van der Waals surface area contributed by atoms with E-state index in [2.05, 4.69) is 79.9 Å². The molecule has 0 aliphatic carbocycles. The van der Waals surface area contributed by atoms with Crippen LogP contribution in [0.15, 0.2) is 72.9 Å². The van der Waals surface area contributed by atoms with E-state index >= 15 is 0 Å². The fourth-order valence-corrected chi connectivity index (χ4v) is 11.3. The fourth-order valence-electron chi connectivity index (χ4n) is 11.3. The second kappa shape index (κ2) is 63.6. The van der Waals surface area contributed by atoms with Gasteiger partial charge in [-0.05, 0) is 83.5 Å². The molecule has 0 radical (unpaired) electrons. The van der Waals surface area contributed by atoms with Crippen LogP contribution in [-0.4, -0.2) is 87.5 Å². The lowest BCUT2D eigenvalue weighted by Gasteiger charge is -2.40. The highest BCUT2D eigenvalue weighted by molar-refractivity contribution is 5.76. The minimum absolute atomic E-state index is 0.186. The molecule has 0 aromatic carbocycles. The third-order valence-corrected chi connectivity index (χ3v) is 17.0. The second-order valence-electron chi connectivity index (χ2n) is 25.0. The van der Waals surface area contributed by atoms with E-state index in [0.29, 0.717) is 6.42 Å². The van der Waals surface area contributed by atoms with Gasteiger partial charge in [0, 0.05) is 6.42 Å². The lowest BCUT2D eigenvalue weighted by molar-refractivity contribution is -0.302. The predicted octanol–water partition coefficient (Wildman–Crippen LogP) is 19.9. The van der Waals surface area contributed by atoms with Crippen molar-refractivity contribution in [2.45, 2.75) is 384 Å². The van der Waals surface area contributed by atoms with Crippen LogP contribution in [0.2, 0.25) is 0 Å². The van der Waals surface area contributed by atoms with E-state index in [-0.39, 0.29) is 12.5 Å². The molecule has 1 aliphatic rings. The van der Waals surface area contributed by atoms with Gasteiger partial charge < -0.3 is 40.3 Å². The van der Waals surface area contributed by atoms with E-state index in [0.717, 1.165) is 57.8 Å². The molecule has 1 fully saturated rings. The largest absolute Gasteiger partial charge is 0.394 e. The van der Waals surface area contributed by atoms with Crippen molar-refractivity contribution in [2.75, 3.05) is 13.2 Å². The SMILES string of the molecule is CCCCCCC/C=C\C/C=C\C/C=C\CCCCCCCCCCCCCCCCCCCCCCCCCCCCC(=O)NC(COC1OC(CO)C(O)C(O)C1O)C(O)/C=C/CC/C=C/CC/C=C/CCCCCCCCCCCC. The van der Waals surface area contributed by atoms with Crippen LogP contribution < -0.4 is 5.32 Å². The molecule has 1 rings (SSSR count). The van der Waals surface area contributed by atoms with Gasteiger partial charge in [0.1, 0.15) is 24.4 Å². The Balaban J connectivity index is 2.06. The minimum atomic E-state index is -1.58. The topological polar surface area (TPSA) is 149 Å². The average molecular weight is 1180 g/mol. The van der Waals surface area contributed by atoms with Crippen LogP contribution in [0.3, 0.4) is 0 Å². The van der Waals surface area contributed by atoms with E-state index < -0.39 is 49.5 Å². The van der Waals surface area contributed by atoms with Crippen LogP contribution in [-0.2, 0) is 14.3 Å². The summed E-state index contributed by atoms with van der Waals surface area (Å²) >= 11 is 0. The predicted molar refractivity (Wildman–Crippen MR) is 359 cm³/mol. The maximum absolute atomic E-state index is 13.1. The molecule has 0 aromatic rings. The summed E-state index contributed by atoms with van der Waals surface area (Å²) in [6.45, 7) is 3.77. The van der Waals surface area contributed by atoms with Gasteiger partial charge in [0.2, 0.25) is 5.91 Å². The first-order chi connectivity index (χ1) is 41.3. The van der Waals surface area contributed by atoms with E-state index in [1.54, 1.807) is 6.08 Å². The Labute approximate surface area is 519 Å². The Hall–Kier alpha value is -2.37. The lowest BCUT2D eigenvalue weighted by atomic mass is 9.99. The monoisotopic (exact) mass is 1180 g/mol. The molecule has 6 N–H and O–H groups in total. The van der Waals surface area contributed by atoms with E-state index in [1.165, 1.54) is 263 Å². The average Bonchev–Trinajstić information content (AvgIpc) is 3.70. The van der Waals surface area contributed by atoms with Crippen molar-refractivity contribution in [3.63, 3.8) is 0 Å². The minimum Gasteiger partial charge on any atom is -0.394 e. The summed E-state index contributed by atoms with van der Waals surface area (Å²) in [7, 11) is 0. The first-order valence-corrected chi connectivity index (χ1v) is 36.2. The van der Waals surface area contributed by atoms with Crippen LogP contribution in [0.4, 0.5) is 0 Å². The molecule has 9 nitrogen and oxygen atoms in total. The number of nitrogens with one attached hydrogen (secondary N) is 1. The summed E-state index contributed by atoms with van der Waals surface area (Å²) in [6, 6.07) is -0.830. The molecule has 7 unspecified atom stereocenters. The van der Waals surface area contributed by atoms with Crippen LogP contribution in [0.1, 0.15) is 341 Å². The van der Waals surface area contributed by atoms with Gasteiger partial charge in [-0.2, -0.15) is 0 Å². The Morgan fingerprint density at radius 3 is 1.08 bits per heavy atom. The Morgan fingerprint density at radius 1 is 0.405 bits per heavy atom. The second-order valence-corrected chi connectivity index (χ2v) is 25.0. The number of aliphatic hydroxyl groups is 5. The maximum atomic E-state index is 13.1. The van der Waals surface area contributed by atoms with Gasteiger partial charge in [-0.3, -0.25) is 4.79 Å². The molecule has 0 spiro atoms. The van der Waals surface area contributed by atoms with Gasteiger partial charge in [0.05, 0.1) is 25.4 Å². The van der Waals surface area contributed by atoms with E-state index in [4.69, 9.17) is 9.47 Å². The number of carbonyl (C=O) groups excluding carboxylic acids is 1. The first-order valence-electron chi connectivity index (χ1n) is 36.2. The number of allylic oxidation sites excluding steroid dienone is 11. The van der Waals surface area contributed by atoms with Crippen LogP contribution in [0.5, 0.6) is 0 Å². The normalized spacial score (nSPS) is 18.6. The molecule has 1 heterocycles. The summed E-state index contributed by atoms with van der Waals surface area (Å²) in [5, 5.41) is 54.7. The number of aliphatic hydroxyl groups excluding tert-OH is 5. The van der Waals surface area contributed by atoms with E-state index in [9.17, 15) is 30.3 Å². The molecule has 1 saturated heterocycles. The number of unbranched alkanes of at least 4 members (excludes halogenated alkanes) is 43. The zero-order chi connectivity index (χ0) is 60.7. The smallest absolute Gasteiger partial charge is 0.220 e. The number of hydrogen-bond donors (Lipinski definition) is 6. The number of ether oxygens (including phenoxy) is 2. The van der Waals surface area contributed by atoms with Gasteiger partial charge >= 0.3 is 0 Å².